The molecule has 19 heavy (non-hydrogen) atoms. The lowest BCUT2D eigenvalue weighted by Gasteiger charge is -2.10. The fraction of sp³-hybridized carbons (Fsp3) is 0.533. The van der Waals surface area contributed by atoms with E-state index >= 15 is 0 Å². The number of hydrogen-bond acceptors (Lipinski definition) is 3. The topological polar surface area (TPSA) is 67.2 Å². The van der Waals surface area contributed by atoms with Crippen molar-refractivity contribution in [3.63, 3.8) is 0 Å². The molecule has 4 N–H and O–H groups in total. The van der Waals surface area contributed by atoms with Crippen LogP contribution >= 0.6 is 0 Å². The van der Waals surface area contributed by atoms with E-state index in [4.69, 9.17) is 5.84 Å². The largest absolute Gasteiger partial charge is 0.352 e. The van der Waals surface area contributed by atoms with Crippen molar-refractivity contribution in [1.82, 2.24) is 5.32 Å². The average Bonchev–Trinajstić information content (AvgIpc) is 2.76. The number of carbonyl (C=O) groups is 1. The van der Waals surface area contributed by atoms with E-state index in [0.29, 0.717) is 23.7 Å². The highest BCUT2D eigenvalue weighted by molar-refractivity contribution is 5.99. The summed E-state index contributed by atoms with van der Waals surface area (Å²) in [6.45, 7) is 9.70. The summed E-state index contributed by atoms with van der Waals surface area (Å²) < 4.78 is 0. The van der Waals surface area contributed by atoms with Gasteiger partial charge < -0.3 is 10.7 Å². The second kappa shape index (κ2) is 4.53. The summed E-state index contributed by atoms with van der Waals surface area (Å²) in [6, 6.07) is 7.24. The molecule has 0 heterocycles. The summed E-state index contributed by atoms with van der Waals surface area (Å²) in [7, 11) is 0. The highest BCUT2D eigenvalue weighted by atomic mass is 16.1. The van der Waals surface area contributed by atoms with Crippen molar-refractivity contribution in [2.24, 2.45) is 22.6 Å². The Morgan fingerprint density at radius 1 is 1.21 bits per heavy atom. The molecule has 4 heteroatoms. The van der Waals surface area contributed by atoms with Crippen LogP contribution in [-0.2, 0) is 0 Å². The maximum Gasteiger partial charge on any atom is 0.253 e. The van der Waals surface area contributed by atoms with Gasteiger partial charge in [-0.05, 0) is 28.9 Å². The third kappa shape index (κ3) is 2.21. The monoisotopic (exact) mass is 261 g/mol. The Labute approximate surface area is 114 Å². The first-order valence-electron chi connectivity index (χ1n) is 6.66. The Morgan fingerprint density at radius 2 is 1.79 bits per heavy atom. The fourth-order valence-corrected chi connectivity index (χ4v) is 2.94. The lowest BCUT2D eigenvalue weighted by atomic mass is 10.0. The predicted octanol–water partition coefficient (Wildman–Crippen LogP) is 2.38. The van der Waals surface area contributed by atoms with Gasteiger partial charge in [0.2, 0.25) is 0 Å². The fourth-order valence-electron chi connectivity index (χ4n) is 2.94. The van der Waals surface area contributed by atoms with Crippen molar-refractivity contribution >= 4 is 11.6 Å². The number of rotatable bonds is 4. The van der Waals surface area contributed by atoms with Gasteiger partial charge in [0.05, 0.1) is 11.3 Å². The zero-order valence-electron chi connectivity index (χ0n) is 12.1. The molecule has 2 rings (SSSR count). The summed E-state index contributed by atoms with van der Waals surface area (Å²) in [5.41, 5.74) is 4.35. The number of nitrogens with two attached hydrogens (primary N) is 1. The van der Waals surface area contributed by atoms with Crippen LogP contribution < -0.4 is 16.6 Å². The Hall–Kier alpha value is -1.55. The molecule has 1 aliphatic carbocycles. The Bertz CT molecular complexity index is 480. The first-order valence-corrected chi connectivity index (χ1v) is 6.66. The van der Waals surface area contributed by atoms with Crippen molar-refractivity contribution in [2.75, 3.05) is 12.0 Å². The zero-order valence-corrected chi connectivity index (χ0v) is 12.1. The highest BCUT2D eigenvalue weighted by Crippen LogP contribution is 2.67. The number of anilines is 1. The normalized spacial score (nSPS) is 19.8. The second-order valence-electron chi connectivity index (χ2n) is 6.40. The molecule has 0 bridgehead atoms. The van der Waals surface area contributed by atoms with Gasteiger partial charge in [-0.25, -0.2) is 0 Å². The minimum Gasteiger partial charge on any atom is -0.352 e. The van der Waals surface area contributed by atoms with Gasteiger partial charge >= 0.3 is 0 Å². The zero-order chi connectivity index (χ0) is 14.3. The van der Waals surface area contributed by atoms with E-state index in [-0.39, 0.29) is 16.7 Å². The van der Waals surface area contributed by atoms with E-state index in [0.717, 1.165) is 0 Å². The van der Waals surface area contributed by atoms with Crippen LogP contribution in [0.4, 0.5) is 5.69 Å². The number of para-hydroxylation sites is 1. The number of nitrogens with one attached hydrogen (secondary N) is 2. The number of hydrazine groups is 1. The minimum atomic E-state index is -0.0768. The molecule has 104 valence electrons. The molecule has 4 nitrogen and oxygen atoms in total. The van der Waals surface area contributed by atoms with Gasteiger partial charge in [-0.15, -0.1) is 0 Å². The third-order valence-electron chi connectivity index (χ3n) is 5.11. The van der Waals surface area contributed by atoms with Crippen molar-refractivity contribution in [2.45, 2.75) is 27.7 Å². The van der Waals surface area contributed by atoms with Crippen molar-refractivity contribution in [3.8, 4) is 0 Å². The molecule has 1 aromatic rings. The molecule has 1 aromatic carbocycles. The smallest absolute Gasteiger partial charge is 0.253 e. The van der Waals surface area contributed by atoms with Gasteiger partial charge in [0.1, 0.15) is 0 Å². The van der Waals surface area contributed by atoms with Crippen LogP contribution in [0.15, 0.2) is 24.3 Å². The summed E-state index contributed by atoms with van der Waals surface area (Å²) in [5, 5.41) is 3.01. The molecule has 1 amide bonds. The van der Waals surface area contributed by atoms with Gasteiger partial charge in [-0.3, -0.25) is 10.6 Å². The van der Waals surface area contributed by atoms with E-state index in [1.165, 1.54) is 0 Å². The molecular formula is C15H23N3O. The van der Waals surface area contributed by atoms with E-state index in [9.17, 15) is 4.79 Å². The molecule has 0 saturated heterocycles. The van der Waals surface area contributed by atoms with Gasteiger partial charge in [0.15, 0.2) is 0 Å². The minimum absolute atomic E-state index is 0.0768. The van der Waals surface area contributed by atoms with Crippen molar-refractivity contribution in [1.29, 1.82) is 0 Å². The number of benzene rings is 1. The van der Waals surface area contributed by atoms with Crippen LogP contribution in [-0.4, -0.2) is 12.5 Å². The molecule has 1 saturated carbocycles. The molecule has 0 unspecified atom stereocenters. The number of carbonyl (C=O) groups excluding carboxylic acids is 1. The lowest BCUT2D eigenvalue weighted by molar-refractivity contribution is 0.0950. The van der Waals surface area contributed by atoms with Crippen molar-refractivity contribution in [3.05, 3.63) is 29.8 Å². The van der Waals surface area contributed by atoms with Crippen LogP contribution in [0, 0.1) is 16.7 Å². The first kappa shape index (κ1) is 13.9. The quantitative estimate of drug-likeness (QED) is 0.576. The van der Waals surface area contributed by atoms with Gasteiger partial charge in [0, 0.05) is 6.54 Å². The first-order chi connectivity index (χ1) is 8.82. The highest BCUT2D eigenvalue weighted by Gasteiger charge is 2.64. The van der Waals surface area contributed by atoms with Crippen LogP contribution in [0.5, 0.6) is 0 Å². The van der Waals surface area contributed by atoms with Gasteiger partial charge in [-0.1, -0.05) is 39.8 Å². The van der Waals surface area contributed by atoms with Gasteiger partial charge in [-0.2, -0.15) is 0 Å². The number of amides is 1. The molecule has 0 aromatic heterocycles. The third-order valence-corrected chi connectivity index (χ3v) is 5.11. The van der Waals surface area contributed by atoms with Crippen LogP contribution in [0.3, 0.4) is 0 Å². The summed E-state index contributed by atoms with van der Waals surface area (Å²) in [6.07, 6.45) is 0. The molecule has 0 spiro atoms. The Morgan fingerprint density at radius 3 is 2.32 bits per heavy atom. The standard InChI is InChI=1S/C15H23N3O/c1-14(2)12(15(14,3)4)9-17-13(19)10-7-5-6-8-11(10)18-16/h5-8,12,18H,9,16H2,1-4H3,(H,17,19). The summed E-state index contributed by atoms with van der Waals surface area (Å²) in [5.74, 6) is 5.85. The number of nitrogen functional groups attached to an aromatic ring is 1. The van der Waals surface area contributed by atoms with Gasteiger partial charge in [0.25, 0.3) is 5.91 Å². The molecule has 0 radical (unpaired) electrons. The Balaban J connectivity index is 2.00. The van der Waals surface area contributed by atoms with E-state index < -0.39 is 0 Å². The predicted molar refractivity (Wildman–Crippen MR) is 77.6 cm³/mol. The summed E-state index contributed by atoms with van der Waals surface area (Å²) >= 11 is 0. The van der Waals surface area contributed by atoms with E-state index in [1.54, 1.807) is 12.1 Å². The molecule has 0 atom stereocenters. The second-order valence-corrected chi connectivity index (χ2v) is 6.40. The lowest BCUT2D eigenvalue weighted by Crippen LogP contribution is -2.28. The molecule has 0 aliphatic heterocycles. The molecular weight excluding hydrogens is 238 g/mol. The van der Waals surface area contributed by atoms with E-state index in [1.807, 2.05) is 12.1 Å². The summed E-state index contributed by atoms with van der Waals surface area (Å²) in [4.78, 5) is 12.2. The van der Waals surface area contributed by atoms with Crippen molar-refractivity contribution < 1.29 is 4.79 Å². The average molecular weight is 261 g/mol. The molecule has 1 fully saturated rings. The van der Waals surface area contributed by atoms with E-state index in [2.05, 4.69) is 38.4 Å². The maximum atomic E-state index is 12.2. The maximum absolute atomic E-state index is 12.2. The SMILES string of the molecule is CC1(C)C(CNC(=O)c2ccccc2NN)C1(C)C. The van der Waals surface area contributed by atoms with Crippen LogP contribution in [0.1, 0.15) is 38.1 Å². The Kier molecular flexibility index (Phi) is 3.31. The van der Waals surface area contributed by atoms with Crippen LogP contribution in [0.25, 0.3) is 0 Å². The molecule has 1 aliphatic rings. The van der Waals surface area contributed by atoms with Crippen LogP contribution in [0.2, 0.25) is 0 Å². The number of hydrogen-bond donors (Lipinski definition) is 3.